The largest absolute Gasteiger partial charge is 0.497 e. The third kappa shape index (κ3) is 6.83. The van der Waals surface area contributed by atoms with Gasteiger partial charge >= 0.3 is 9.15 Å². The first-order chi connectivity index (χ1) is 14.1. The lowest BCUT2D eigenvalue weighted by Gasteiger charge is -2.13. The quantitative estimate of drug-likeness (QED) is 0.255. The van der Waals surface area contributed by atoms with Gasteiger partial charge in [-0.3, -0.25) is 14.1 Å². The first-order valence-corrected chi connectivity index (χ1v) is 11.1. The molecule has 2 rings (SSSR count). The fraction of sp³-hybridized carbons (Fsp3) is 0.222. The molecule has 0 spiro atoms. The van der Waals surface area contributed by atoms with Crippen molar-refractivity contribution in [1.82, 2.24) is 0 Å². The first kappa shape index (κ1) is 23.3. The molecule has 1 unspecified atom stereocenters. The van der Waals surface area contributed by atoms with E-state index in [0.29, 0.717) is 17.2 Å². The molecule has 30 heavy (non-hydrogen) atoms. The topological polar surface area (TPSA) is 144 Å². The number of rotatable bonds is 9. The molecule has 0 heterocycles. The summed E-state index contributed by atoms with van der Waals surface area (Å²) in [7, 11) is -1.06. The summed E-state index contributed by atoms with van der Waals surface area (Å²) in [4.78, 5) is 24.8. The molecule has 0 aliphatic rings. The van der Waals surface area contributed by atoms with Gasteiger partial charge < -0.3 is 14.8 Å². The minimum atomic E-state index is -4.23. The van der Waals surface area contributed by atoms with E-state index in [0.717, 1.165) is 0 Å². The number of amides is 1. The maximum atomic E-state index is 12.6. The maximum Gasteiger partial charge on any atom is 0.324 e. The highest BCUT2D eigenvalue weighted by Crippen LogP contribution is 2.29. The number of carbonyl (C=O) groups is 2. The van der Waals surface area contributed by atoms with Gasteiger partial charge in [0.15, 0.2) is 5.78 Å². The number of methoxy groups -OCH3 is 2. The predicted molar refractivity (Wildman–Crippen MR) is 111 cm³/mol. The SMILES string of the molecule is COc1ccc(OC)c(NC(=O)C(N=Nc2ccc(SS(=O)(=O)O)cc2)C(C)=O)c1. The molecule has 160 valence electrons. The molecule has 0 saturated heterocycles. The van der Waals surface area contributed by atoms with Gasteiger partial charge in [-0.15, -0.1) is 0 Å². The van der Waals surface area contributed by atoms with Crippen LogP contribution >= 0.6 is 10.8 Å². The van der Waals surface area contributed by atoms with Crippen molar-refractivity contribution in [2.45, 2.75) is 17.9 Å². The number of hydrogen-bond acceptors (Lipinski definition) is 9. The highest BCUT2D eigenvalue weighted by molar-refractivity contribution is 8.69. The minimum absolute atomic E-state index is 0.266. The van der Waals surface area contributed by atoms with E-state index in [-0.39, 0.29) is 21.4 Å². The van der Waals surface area contributed by atoms with Gasteiger partial charge in [0.2, 0.25) is 6.04 Å². The number of hydrogen-bond donors (Lipinski definition) is 2. The second-order valence-corrected chi connectivity index (χ2v) is 9.05. The molecule has 0 aromatic heterocycles. The van der Waals surface area contributed by atoms with Gasteiger partial charge in [-0.05, 0) is 43.3 Å². The number of nitrogens with one attached hydrogen (secondary N) is 1. The predicted octanol–water partition coefficient (Wildman–Crippen LogP) is 3.28. The average Bonchev–Trinajstić information content (AvgIpc) is 2.68. The van der Waals surface area contributed by atoms with Crippen molar-refractivity contribution in [1.29, 1.82) is 0 Å². The van der Waals surface area contributed by atoms with Crippen molar-refractivity contribution in [2.75, 3.05) is 19.5 Å². The Morgan fingerprint density at radius 3 is 2.30 bits per heavy atom. The first-order valence-electron chi connectivity index (χ1n) is 8.34. The van der Waals surface area contributed by atoms with Gasteiger partial charge in [0, 0.05) is 21.8 Å². The molecule has 2 aromatic rings. The van der Waals surface area contributed by atoms with Crippen LogP contribution in [0.4, 0.5) is 11.4 Å². The Morgan fingerprint density at radius 1 is 1.10 bits per heavy atom. The monoisotopic (exact) mass is 453 g/mol. The molecule has 2 aromatic carbocycles. The number of benzene rings is 2. The number of anilines is 1. The van der Waals surface area contributed by atoms with Crippen LogP contribution in [0.15, 0.2) is 57.6 Å². The standard InChI is InChI=1S/C18H19N3O7S2/c1-11(22)17(18(23)19-15-10-13(27-2)6-9-16(15)28-3)21-20-12-4-7-14(8-5-12)29-30(24,25)26/h4-10,17H,1-3H3,(H,19,23)(H,24,25,26). The van der Waals surface area contributed by atoms with Crippen molar-refractivity contribution >= 4 is 43.0 Å². The lowest BCUT2D eigenvalue weighted by molar-refractivity contribution is -0.126. The van der Waals surface area contributed by atoms with E-state index >= 15 is 0 Å². The Kier molecular flexibility index (Phi) is 7.92. The Bertz CT molecular complexity index is 1050. The van der Waals surface area contributed by atoms with E-state index < -0.39 is 26.9 Å². The van der Waals surface area contributed by atoms with E-state index in [1.54, 1.807) is 12.1 Å². The van der Waals surface area contributed by atoms with Crippen LogP contribution in [0.2, 0.25) is 0 Å². The Morgan fingerprint density at radius 2 is 1.77 bits per heavy atom. The molecule has 1 atom stereocenters. The molecule has 0 aliphatic carbocycles. The molecule has 12 heteroatoms. The number of Topliss-reactive ketones (excluding diaryl/α,β-unsaturated/α-hetero) is 1. The zero-order valence-corrected chi connectivity index (χ0v) is 17.9. The van der Waals surface area contributed by atoms with Crippen LogP contribution in [0.5, 0.6) is 11.5 Å². The zero-order valence-electron chi connectivity index (χ0n) is 16.2. The van der Waals surface area contributed by atoms with E-state index in [1.807, 2.05) is 0 Å². The second kappa shape index (κ2) is 10.2. The van der Waals surface area contributed by atoms with Gasteiger partial charge in [-0.2, -0.15) is 18.6 Å². The van der Waals surface area contributed by atoms with Gasteiger partial charge in [-0.1, -0.05) is 0 Å². The fourth-order valence-corrected chi connectivity index (χ4v) is 3.80. The molecule has 0 saturated carbocycles. The van der Waals surface area contributed by atoms with Crippen molar-refractivity contribution in [3.05, 3.63) is 42.5 Å². The molecule has 0 aliphatic heterocycles. The summed E-state index contributed by atoms with van der Waals surface area (Å²) in [5, 5.41) is 10.3. The van der Waals surface area contributed by atoms with Gasteiger partial charge in [0.1, 0.15) is 11.5 Å². The minimum Gasteiger partial charge on any atom is -0.497 e. The third-order valence-electron chi connectivity index (χ3n) is 3.62. The van der Waals surface area contributed by atoms with Crippen LogP contribution in [0.3, 0.4) is 0 Å². The van der Waals surface area contributed by atoms with Gasteiger partial charge in [-0.25, -0.2) is 0 Å². The molecule has 2 N–H and O–H groups in total. The van der Waals surface area contributed by atoms with Crippen LogP contribution in [0, 0.1) is 0 Å². The molecular formula is C18H19N3O7S2. The Balaban J connectivity index is 2.18. The highest BCUT2D eigenvalue weighted by atomic mass is 33.1. The summed E-state index contributed by atoms with van der Waals surface area (Å²) < 4.78 is 40.9. The van der Waals surface area contributed by atoms with Crippen molar-refractivity contribution < 1.29 is 32.0 Å². The van der Waals surface area contributed by atoms with Crippen LogP contribution in [0.1, 0.15) is 6.92 Å². The van der Waals surface area contributed by atoms with Gasteiger partial charge in [0.25, 0.3) is 5.91 Å². The second-order valence-electron chi connectivity index (χ2n) is 5.79. The summed E-state index contributed by atoms with van der Waals surface area (Å²) in [6.07, 6.45) is 0. The van der Waals surface area contributed by atoms with Crippen molar-refractivity contribution in [2.24, 2.45) is 10.2 Å². The van der Waals surface area contributed by atoms with Crippen LogP contribution in [0.25, 0.3) is 0 Å². The third-order valence-corrected chi connectivity index (χ3v) is 5.51. The Labute approximate surface area is 176 Å². The molecule has 0 bridgehead atoms. The van der Waals surface area contributed by atoms with Crippen molar-refractivity contribution in [3.63, 3.8) is 0 Å². The Hall–Kier alpha value is -2.96. The van der Waals surface area contributed by atoms with E-state index in [9.17, 15) is 18.0 Å². The van der Waals surface area contributed by atoms with E-state index in [4.69, 9.17) is 14.0 Å². The highest BCUT2D eigenvalue weighted by Gasteiger charge is 2.24. The number of ether oxygens (including phenoxy) is 2. The van der Waals surface area contributed by atoms with Crippen LogP contribution < -0.4 is 14.8 Å². The molecule has 0 radical (unpaired) electrons. The fourth-order valence-electron chi connectivity index (χ4n) is 2.25. The van der Waals surface area contributed by atoms with Crippen molar-refractivity contribution in [3.8, 4) is 11.5 Å². The average molecular weight is 453 g/mol. The number of carbonyl (C=O) groups excluding carboxylic acids is 2. The molecule has 10 nitrogen and oxygen atoms in total. The number of ketones is 1. The zero-order chi connectivity index (χ0) is 22.3. The summed E-state index contributed by atoms with van der Waals surface area (Å²) in [5.74, 6) is -0.390. The van der Waals surface area contributed by atoms with Crippen LogP contribution in [-0.2, 0) is 18.7 Å². The number of nitrogens with zero attached hydrogens (tertiary/aromatic N) is 2. The van der Waals surface area contributed by atoms with Crippen LogP contribution in [-0.4, -0.2) is 44.9 Å². The molecule has 0 fully saturated rings. The smallest absolute Gasteiger partial charge is 0.324 e. The van der Waals surface area contributed by atoms with E-state index in [1.165, 1.54) is 51.5 Å². The summed E-state index contributed by atoms with van der Waals surface area (Å²) in [6.45, 7) is 1.21. The lowest BCUT2D eigenvalue weighted by atomic mass is 10.2. The molecule has 1 amide bonds. The maximum absolute atomic E-state index is 12.6. The summed E-state index contributed by atoms with van der Waals surface area (Å²) in [5.41, 5.74) is 0.586. The number of azo groups is 1. The lowest BCUT2D eigenvalue weighted by Crippen LogP contribution is -2.32. The molecular weight excluding hydrogens is 434 g/mol. The van der Waals surface area contributed by atoms with E-state index in [2.05, 4.69) is 15.5 Å². The summed E-state index contributed by atoms with van der Waals surface area (Å²) in [6, 6.07) is 9.04. The normalized spacial score (nSPS) is 12.4. The summed E-state index contributed by atoms with van der Waals surface area (Å²) >= 11 is 0. The van der Waals surface area contributed by atoms with Gasteiger partial charge in [0.05, 0.1) is 25.6 Å².